The second kappa shape index (κ2) is 5.00. The van der Waals surface area contributed by atoms with E-state index < -0.39 is 0 Å². The fourth-order valence-electron chi connectivity index (χ4n) is 1.34. The lowest BCUT2D eigenvalue weighted by Gasteiger charge is -2.07. The quantitative estimate of drug-likeness (QED) is 0.503. The number of thiophene rings is 2. The highest BCUT2D eigenvalue weighted by Crippen LogP contribution is 2.43. The van der Waals surface area contributed by atoms with Crippen LogP contribution in [0.1, 0.15) is 20.1 Å². The van der Waals surface area contributed by atoms with Crippen LogP contribution in [0.25, 0.3) is 0 Å². The maximum Gasteiger partial charge on any atom is 0.0760 e. The zero-order chi connectivity index (χ0) is 11.0. The van der Waals surface area contributed by atoms with E-state index in [2.05, 4.69) is 72.2 Å². The van der Waals surface area contributed by atoms with Crippen LogP contribution < -0.4 is 0 Å². The molecule has 1 unspecified atom stereocenters. The predicted octanol–water partition coefficient (Wildman–Crippen LogP) is 6.13. The summed E-state index contributed by atoms with van der Waals surface area (Å²) < 4.78 is 2.36. The minimum atomic E-state index is 0.287. The van der Waals surface area contributed by atoms with Crippen molar-refractivity contribution in [3.8, 4) is 0 Å². The van der Waals surface area contributed by atoms with Crippen LogP contribution in [0.5, 0.6) is 0 Å². The van der Waals surface area contributed by atoms with Gasteiger partial charge >= 0.3 is 0 Å². The van der Waals surface area contributed by atoms with Crippen LogP contribution in [0, 0.1) is 6.92 Å². The molecule has 2 rings (SSSR count). The first-order valence-corrected chi connectivity index (χ1v) is 8.42. The molecule has 0 aliphatic heterocycles. The Labute approximate surface area is 122 Å². The summed E-state index contributed by atoms with van der Waals surface area (Å²) in [5, 5.41) is 2.10. The normalized spacial score (nSPS) is 13.1. The van der Waals surface area contributed by atoms with Crippen LogP contribution in [0.4, 0.5) is 0 Å². The highest BCUT2D eigenvalue weighted by molar-refractivity contribution is 9.11. The Morgan fingerprint density at radius 2 is 2.07 bits per heavy atom. The summed E-state index contributed by atoms with van der Waals surface area (Å²) in [7, 11) is 0. The third-order valence-corrected chi connectivity index (χ3v) is 6.83. The molecule has 1 atom stereocenters. The Balaban J connectivity index is 2.40. The molecule has 0 radical (unpaired) electrons. The van der Waals surface area contributed by atoms with Gasteiger partial charge in [0.1, 0.15) is 0 Å². The third-order valence-electron chi connectivity index (χ3n) is 2.07. The van der Waals surface area contributed by atoms with Gasteiger partial charge in [0.05, 0.1) is 8.61 Å². The van der Waals surface area contributed by atoms with Crippen molar-refractivity contribution in [3.63, 3.8) is 0 Å². The molecule has 0 spiro atoms. The number of aryl methyl sites for hydroxylation is 1. The van der Waals surface area contributed by atoms with Crippen molar-refractivity contribution in [2.24, 2.45) is 0 Å². The molecule has 0 saturated heterocycles. The van der Waals surface area contributed by atoms with Crippen LogP contribution in [-0.4, -0.2) is 0 Å². The Kier molecular flexibility index (Phi) is 4.10. The molecule has 0 nitrogen and oxygen atoms in total. The summed E-state index contributed by atoms with van der Waals surface area (Å²) >= 11 is 14.4. The highest BCUT2D eigenvalue weighted by atomic mass is 79.9. The molecule has 5 heteroatoms. The third kappa shape index (κ3) is 2.57. The first-order chi connectivity index (χ1) is 7.09. The van der Waals surface area contributed by atoms with Gasteiger partial charge in [-0.15, -0.1) is 22.7 Å². The van der Waals surface area contributed by atoms with E-state index in [4.69, 9.17) is 0 Å². The molecule has 2 aromatic rings. The lowest BCUT2D eigenvalue weighted by molar-refractivity contribution is 1.20. The van der Waals surface area contributed by atoms with Gasteiger partial charge in [-0.3, -0.25) is 0 Å². The maximum atomic E-state index is 3.75. The Morgan fingerprint density at radius 3 is 2.53 bits per heavy atom. The van der Waals surface area contributed by atoms with Crippen LogP contribution in [0.2, 0.25) is 0 Å². The van der Waals surface area contributed by atoms with E-state index in [0.717, 1.165) is 0 Å². The van der Waals surface area contributed by atoms with Crippen LogP contribution in [-0.2, 0) is 0 Å². The van der Waals surface area contributed by atoms with Gasteiger partial charge in [-0.25, -0.2) is 0 Å². The standard InChI is InChI=1S/C10H7Br3S2/c1-5-6(4-8(12)15-5)9(13)10-7(11)2-3-14-10/h2-4,9H,1H3. The lowest BCUT2D eigenvalue weighted by Crippen LogP contribution is -1.89. The van der Waals surface area contributed by atoms with Crippen LogP contribution >= 0.6 is 70.5 Å². The van der Waals surface area contributed by atoms with Gasteiger partial charge in [0, 0.05) is 14.2 Å². The van der Waals surface area contributed by atoms with E-state index in [9.17, 15) is 0 Å². The van der Waals surface area contributed by atoms with Crippen molar-refractivity contribution in [1.29, 1.82) is 0 Å². The van der Waals surface area contributed by atoms with E-state index in [1.165, 1.54) is 23.6 Å². The molecule has 2 heterocycles. The number of halogens is 3. The molecule has 0 saturated carbocycles. The van der Waals surface area contributed by atoms with Crippen LogP contribution in [0.3, 0.4) is 0 Å². The monoisotopic (exact) mass is 428 g/mol. The van der Waals surface area contributed by atoms with Gasteiger partial charge in [0.2, 0.25) is 0 Å². The fraction of sp³-hybridized carbons (Fsp3) is 0.200. The smallest absolute Gasteiger partial charge is 0.0760 e. The predicted molar refractivity (Wildman–Crippen MR) is 79.5 cm³/mol. The molecule has 2 aromatic heterocycles. The molecule has 0 aliphatic carbocycles. The Hall–Kier alpha value is 0.840. The van der Waals surface area contributed by atoms with Crippen molar-refractivity contribution < 1.29 is 0 Å². The molecular weight excluding hydrogens is 424 g/mol. The zero-order valence-corrected chi connectivity index (χ0v) is 14.2. The zero-order valence-electron chi connectivity index (χ0n) is 7.76. The van der Waals surface area contributed by atoms with Gasteiger partial charge in [-0.05, 0) is 61.9 Å². The van der Waals surface area contributed by atoms with Crippen LogP contribution in [0.15, 0.2) is 25.8 Å². The van der Waals surface area contributed by atoms with E-state index in [1.807, 2.05) is 0 Å². The van der Waals surface area contributed by atoms with Gasteiger partial charge in [0.25, 0.3) is 0 Å². The average Bonchev–Trinajstić information content (AvgIpc) is 2.71. The SMILES string of the molecule is Cc1sc(Br)cc1C(Br)c1sccc1Br. The van der Waals surface area contributed by atoms with Gasteiger partial charge < -0.3 is 0 Å². The second-order valence-electron chi connectivity index (χ2n) is 3.06. The molecule has 0 bridgehead atoms. The number of hydrogen-bond acceptors (Lipinski definition) is 2. The first-order valence-electron chi connectivity index (χ1n) is 4.22. The van der Waals surface area contributed by atoms with Gasteiger partial charge in [-0.1, -0.05) is 15.9 Å². The highest BCUT2D eigenvalue weighted by Gasteiger charge is 2.18. The van der Waals surface area contributed by atoms with E-state index in [1.54, 1.807) is 22.7 Å². The van der Waals surface area contributed by atoms with Crippen molar-refractivity contribution >= 4 is 70.5 Å². The molecular formula is C10H7Br3S2. The summed E-state index contributed by atoms with van der Waals surface area (Å²) in [5.41, 5.74) is 1.34. The summed E-state index contributed by atoms with van der Waals surface area (Å²) in [6.45, 7) is 2.15. The van der Waals surface area contributed by atoms with E-state index in [-0.39, 0.29) is 4.83 Å². The van der Waals surface area contributed by atoms with E-state index >= 15 is 0 Å². The Morgan fingerprint density at radius 1 is 1.33 bits per heavy atom. The van der Waals surface area contributed by atoms with Crippen molar-refractivity contribution in [3.05, 3.63) is 41.1 Å². The van der Waals surface area contributed by atoms with E-state index in [0.29, 0.717) is 0 Å². The Bertz CT molecular complexity index is 473. The molecule has 15 heavy (non-hydrogen) atoms. The fourth-order valence-corrected chi connectivity index (χ4v) is 6.18. The van der Waals surface area contributed by atoms with Crippen molar-refractivity contribution in [2.75, 3.05) is 0 Å². The average molecular weight is 431 g/mol. The van der Waals surface area contributed by atoms with Gasteiger partial charge in [-0.2, -0.15) is 0 Å². The molecule has 0 aliphatic rings. The van der Waals surface area contributed by atoms with Gasteiger partial charge in [0.15, 0.2) is 0 Å². The summed E-state index contributed by atoms with van der Waals surface area (Å²) in [4.78, 5) is 2.96. The minimum absolute atomic E-state index is 0.287. The number of hydrogen-bond donors (Lipinski definition) is 0. The number of alkyl halides is 1. The lowest BCUT2D eigenvalue weighted by atomic mass is 10.2. The first kappa shape index (κ1) is 12.3. The molecule has 0 aromatic carbocycles. The minimum Gasteiger partial charge on any atom is -0.146 e. The van der Waals surface area contributed by atoms with Crippen molar-refractivity contribution in [2.45, 2.75) is 11.8 Å². The van der Waals surface area contributed by atoms with Crippen molar-refractivity contribution in [1.82, 2.24) is 0 Å². The molecule has 0 amide bonds. The summed E-state index contributed by atoms with van der Waals surface area (Å²) in [6, 6.07) is 4.27. The molecule has 0 fully saturated rings. The largest absolute Gasteiger partial charge is 0.146 e. The maximum absolute atomic E-state index is 3.75. The summed E-state index contributed by atoms with van der Waals surface area (Å²) in [6.07, 6.45) is 0. The molecule has 80 valence electrons. The topological polar surface area (TPSA) is 0 Å². The molecule has 0 N–H and O–H groups in total. The second-order valence-corrected chi connectivity index (χ2v) is 8.41. The number of rotatable bonds is 2. The summed E-state index contributed by atoms with van der Waals surface area (Å²) in [5.74, 6) is 0.